The van der Waals surface area contributed by atoms with Crippen LogP contribution in [0.5, 0.6) is 0 Å². The highest BCUT2D eigenvalue weighted by molar-refractivity contribution is 9.10. The SMILES string of the molecule is CC(O)CS(=O)(=O)Cc1ccc(F)c(Br)c1. The average Bonchev–Trinajstić information content (AvgIpc) is 2.08. The minimum absolute atomic E-state index is 0.198. The Balaban J connectivity index is 2.84. The maximum absolute atomic E-state index is 12.9. The smallest absolute Gasteiger partial charge is 0.156 e. The van der Waals surface area contributed by atoms with Crippen molar-refractivity contribution in [2.45, 2.75) is 18.8 Å². The highest BCUT2D eigenvalue weighted by Gasteiger charge is 2.15. The molecule has 0 amide bonds. The molecule has 6 heteroatoms. The molecule has 1 atom stereocenters. The molecule has 1 rings (SSSR count). The highest BCUT2D eigenvalue weighted by atomic mass is 79.9. The van der Waals surface area contributed by atoms with E-state index in [1.54, 1.807) is 0 Å². The topological polar surface area (TPSA) is 54.4 Å². The minimum Gasteiger partial charge on any atom is -0.392 e. The van der Waals surface area contributed by atoms with Gasteiger partial charge in [0.05, 0.1) is 22.1 Å². The largest absolute Gasteiger partial charge is 0.392 e. The second-order valence-electron chi connectivity index (χ2n) is 3.65. The van der Waals surface area contributed by atoms with E-state index in [0.29, 0.717) is 5.56 Å². The molecule has 90 valence electrons. The fraction of sp³-hybridized carbons (Fsp3) is 0.400. The van der Waals surface area contributed by atoms with Crippen LogP contribution in [0.3, 0.4) is 0 Å². The predicted molar refractivity (Wildman–Crippen MR) is 63.3 cm³/mol. The molecule has 0 heterocycles. The molecule has 1 aromatic carbocycles. The Bertz CT molecular complexity index is 471. The Morgan fingerprint density at radius 3 is 2.62 bits per heavy atom. The van der Waals surface area contributed by atoms with E-state index < -0.39 is 21.8 Å². The summed E-state index contributed by atoms with van der Waals surface area (Å²) >= 11 is 2.99. The molecule has 16 heavy (non-hydrogen) atoms. The number of halogens is 2. The third kappa shape index (κ3) is 4.19. The summed E-state index contributed by atoms with van der Waals surface area (Å²) in [6.45, 7) is 1.41. The number of aliphatic hydroxyl groups is 1. The second kappa shape index (κ2) is 5.25. The zero-order valence-electron chi connectivity index (χ0n) is 8.65. The van der Waals surface area contributed by atoms with Gasteiger partial charge in [-0.15, -0.1) is 0 Å². The zero-order valence-corrected chi connectivity index (χ0v) is 11.1. The molecule has 0 aliphatic carbocycles. The quantitative estimate of drug-likeness (QED) is 0.924. The summed E-state index contributed by atoms with van der Waals surface area (Å²) in [5.74, 6) is -0.921. The van der Waals surface area contributed by atoms with Crippen molar-refractivity contribution < 1.29 is 17.9 Å². The molecular weight excluding hydrogens is 299 g/mol. The summed E-state index contributed by atoms with van der Waals surface area (Å²) in [6.07, 6.45) is -0.895. The van der Waals surface area contributed by atoms with E-state index >= 15 is 0 Å². The van der Waals surface area contributed by atoms with Crippen LogP contribution in [0, 0.1) is 5.82 Å². The van der Waals surface area contributed by atoms with Crippen LogP contribution in [-0.4, -0.2) is 25.4 Å². The Morgan fingerprint density at radius 2 is 2.12 bits per heavy atom. The van der Waals surface area contributed by atoms with Crippen LogP contribution in [0.4, 0.5) is 4.39 Å². The monoisotopic (exact) mass is 310 g/mol. The van der Waals surface area contributed by atoms with Gasteiger partial charge in [-0.1, -0.05) is 6.07 Å². The molecule has 0 aromatic heterocycles. The first-order chi connectivity index (χ1) is 7.30. The Kier molecular flexibility index (Phi) is 4.46. The number of benzene rings is 1. The van der Waals surface area contributed by atoms with Crippen LogP contribution in [0.25, 0.3) is 0 Å². The summed E-state index contributed by atoms with van der Waals surface area (Å²) in [5, 5.41) is 9.02. The van der Waals surface area contributed by atoms with Crippen molar-refractivity contribution in [3.63, 3.8) is 0 Å². The predicted octanol–water partition coefficient (Wildman–Crippen LogP) is 1.88. The van der Waals surface area contributed by atoms with Gasteiger partial charge in [-0.25, -0.2) is 12.8 Å². The molecule has 0 saturated heterocycles. The van der Waals surface area contributed by atoms with Crippen molar-refractivity contribution in [1.82, 2.24) is 0 Å². The molecule has 0 saturated carbocycles. The zero-order chi connectivity index (χ0) is 12.3. The van der Waals surface area contributed by atoms with Gasteiger partial charge in [0, 0.05) is 0 Å². The number of hydrogen-bond donors (Lipinski definition) is 1. The van der Waals surface area contributed by atoms with Crippen LogP contribution in [0.1, 0.15) is 12.5 Å². The lowest BCUT2D eigenvalue weighted by Crippen LogP contribution is -2.19. The standard InChI is InChI=1S/C10H12BrFO3S/c1-7(13)5-16(14,15)6-8-2-3-10(12)9(11)4-8/h2-4,7,13H,5-6H2,1H3. The third-order valence-corrected chi connectivity index (χ3v) is 4.24. The van der Waals surface area contributed by atoms with Crippen molar-refractivity contribution in [2.75, 3.05) is 5.75 Å². The lowest BCUT2D eigenvalue weighted by Gasteiger charge is -2.07. The van der Waals surface area contributed by atoms with Crippen LogP contribution in [-0.2, 0) is 15.6 Å². The number of aliphatic hydroxyl groups excluding tert-OH is 1. The fourth-order valence-electron chi connectivity index (χ4n) is 1.31. The van der Waals surface area contributed by atoms with E-state index in [-0.39, 0.29) is 16.0 Å². The number of hydrogen-bond acceptors (Lipinski definition) is 3. The van der Waals surface area contributed by atoms with Crippen LogP contribution in [0.15, 0.2) is 22.7 Å². The molecular formula is C10H12BrFO3S. The summed E-state index contributed by atoms with van der Waals surface area (Å²) in [7, 11) is -3.36. The van der Waals surface area contributed by atoms with Gasteiger partial charge in [-0.05, 0) is 40.5 Å². The molecule has 0 aliphatic heterocycles. The highest BCUT2D eigenvalue weighted by Crippen LogP contribution is 2.18. The minimum atomic E-state index is -3.36. The van der Waals surface area contributed by atoms with Gasteiger partial charge in [-0.3, -0.25) is 0 Å². The molecule has 0 fully saturated rings. The normalized spacial score (nSPS) is 13.8. The summed E-state index contributed by atoms with van der Waals surface area (Å²) < 4.78 is 36.2. The number of sulfone groups is 1. The van der Waals surface area contributed by atoms with Gasteiger partial charge in [0.15, 0.2) is 9.84 Å². The maximum Gasteiger partial charge on any atom is 0.156 e. The van der Waals surface area contributed by atoms with Gasteiger partial charge in [0.1, 0.15) is 5.82 Å². The summed E-state index contributed by atoms with van der Waals surface area (Å²) in [4.78, 5) is 0. The van der Waals surface area contributed by atoms with E-state index in [0.717, 1.165) is 0 Å². The Hall–Kier alpha value is -0.460. The van der Waals surface area contributed by atoms with Crippen molar-refractivity contribution in [1.29, 1.82) is 0 Å². The average molecular weight is 311 g/mol. The lowest BCUT2D eigenvalue weighted by molar-refractivity contribution is 0.218. The van der Waals surface area contributed by atoms with Crippen LogP contribution >= 0.6 is 15.9 Å². The van der Waals surface area contributed by atoms with Crippen molar-refractivity contribution in [3.8, 4) is 0 Å². The second-order valence-corrected chi connectivity index (χ2v) is 6.62. The molecule has 3 nitrogen and oxygen atoms in total. The van der Waals surface area contributed by atoms with Crippen molar-refractivity contribution in [3.05, 3.63) is 34.1 Å². The van der Waals surface area contributed by atoms with E-state index in [9.17, 15) is 12.8 Å². The van der Waals surface area contributed by atoms with Gasteiger partial charge in [0.2, 0.25) is 0 Å². The molecule has 1 unspecified atom stereocenters. The van der Waals surface area contributed by atoms with Gasteiger partial charge < -0.3 is 5.11 Å². The van der Waals surface area contributed by atoms with Gasteiger partial charge in [-0.2, -0.15) is 0 Å². The first kappa shape index (κ1) is 13.6. The Morgan fingerprint density at radius 1 is 1.50 bits per heavy atom. The lowest BCUT2D eigenvalue weighted by atomic mass is 10.2. The maximum atomic E-state index is 12.9. The summed E-state index contributed by atoms with van der Waals surface area (Å²) in [5.41, 5.74) is 0.494. The molecule has 1 aromatic rings. The van der Waals surface area contributed by atoms with E-state index in [4.69, 9.17) is 5.11 Å². The third-order valence-electron chi connectivity index (χ3n) is 1.87. The fourth-order valence-corrected chi connectivity index (χ4v) is 3.28. The van der Waals surface area contributed by atoms with E-state index in [1.165, 1.54) is 25.1 Å². The van der Waals surface area contributed by atoms with Crippen LogP contribution in [0.2, 0.25) is 0 Å². The van der Waals surface area contributed by atoms with E-state index in [1.807, 2.05) is 0 Å². The van der Waals surface area contributed by atoms with Gasteiger partial charge >= 0.3 is 0 Å². The molecule has 0 aliphatic rings. The first-order valence-corrected chi connectivity index (χ1v) is 7.24. The number of rotatable bonds is 4. The molecule has 0 radical (unpaired) electrons. The van der Waals surface area contributed by atoms with Gasteiger partial charge in [0.25, 0.3) is 0 Å². The van der Waals surface area contributed by atoms with Crippen molar-refractivity contribution >= 4 is 25.8 Å². The Labute approximate surface area is 102 Å². The molecule has 1 N–H and O–H groups in total. The molecule has 0 bridgehead atoms. The van der Waals surface area contributed by atoms with Crippen molar-refractivity contribution in [2.24, 2.45) is 0 Å². The van der Waals surface area contributed by atoms with E-state index in [2.05, 4.69) is 15.9 Å². The summed E-state index contributed by atoms with van der Waals surface area (Å²) in [6, 6.07) is 4.05. The van der Waals surface area contributed by atoms with Crippen LogP contribution < -0.4 is 0 Å². The first-order valence-electron chi connectivity index (χ1n) is 4.62. The molecule has 0 spiro atoms.